The molecular weight excluding hydrogens is 556 g/mol. The van der Waals surface area contributed by atoms with E-state index in [2.05, 4.69) is 0 Å². The Morgan fingerprint density at radius 2 is 1.57 bits per heavy atom. The van der Waals surface area contributed by atoms with Crippen molar-refractivity contribution < 1.29 is 52.3 Å². The maximum Gasteiger partial charge on any atom is 0.408 e. The minimum atomic E-state index is -3.89. The number of benzene rings is 1. The zero-order valence-electron chi connectivity index (χ0n) is 24.8. The van der Waals surface area contributed by atoms with Crippen LogP contribution >= 0.6 is 0 Å². The van der Waals surface area contributed by atoms with E-state index in [1.165, 1.54) is 0 Å². The zero-order chi connectivity index (χ0) is 31.0. The summed E-state index contributed by atoms with van der Waals surface area (Å²) in [7, 11) is 0. The summed E-state index contributed by atoms with van der Waals surface area (Å²) in [5.41, 5.74) is 0.639. The average molecular weight is 604 g/mol. The van der Waals surface area contributed by atoms with E-state index in [0.29, 0.717) is 31.6 Å². The van der Waals surface area contributed by atoms with Crippen LogP contribution in [0.3, 0.4) is 0 Å². The molecule has 1 saturated heterocycles. The van der Waals surface area contributed by atoms with E-state index in [1.54, 1.807) is 30.3 Å². The summed E-state index contributed by atoms with van der Waals surface area (Å²) >= 11 is 0. The van der Waals surface area contributed by atoms with Crippen molar-refractivity contribution in [2.75, 3.05) is 26.4 Å². The Balaban J connectivity index is 2.21. The third-order valence-electron chi connectivity index (χ3n) is 6.89. The van der Waals surface area contributed by atoms with Crippen molar-refractivity contribution in [1.29, 1.82) is 0 Å². The molecule has 1 aliphatic heterocycles. The molecule has 6 atom stereocenters. The topological polar surface area (TPSA) is 133 Å². The normalized spacial score (nSPS) is 23.3. The second-order valence-corrected chi connectivity index (χ2v) is 10.5. The van der Waals surface area contributed by atoms with Gasteiger partial charge in [-0.2, -0.15) is 0 Å². The van der Waals surface area contributed by atoms with Gasteiger partial charge in [-0.3, -0.25) is 0 Å². The van der Waals surface area contributed by atoms with Gasteiger partial charge in [-0.25, -0.2) is 18.4 Å². The van der Waals surface area contributed by atoms with Gasteiger partial charge >= 0.3 is 12.1 Å². The summed E-state index contributed by atoms with van der Waals surface area (Å²) in [4.78, 5) is 24.2. The Kier molecular flexibility index (Phi) is 16.2. The van der Waals surface area contributed by atoms with Crippen molar-refractivity contribution in [1.82, 2.24) is 5.32 Å². The van der Waals surface area contributed by atoms with E-state index in [-0.39, 0.29) is 19.8 Å². The monoisotopic (exact) mass is 603 g/mol. The predicted octanol–water partition coefficient (Wildman–Crippen LogP) is 4.71. The van der Waals surface area contributed by atoms with Crippen LogP contribution in [0.2, 0.25) is 0 Å². The van der Waals surface area contributed by atoms with Gasteiger partial charge in [-0.1, -0.05) is 70.4 Å². The van der Waals surface area contributed by atoms with Crippen LogP contribution in [0.15, 0.2) is 30.3 Å². The summed E-state index contributed by atoms with van der Waals surface area (Å²) in [5, 5.41) is 22.8. The molecule has 0 spiro atoms. The number of aliphatic hydroxyl groups is 1. The number of carbonyl (C=O) groups is 2. The summed E-state index contributed by atoms with van der Waals surface area (Å²) in [6.45, 7) is 6.59. The minimum absolute atomic E-state index is 0.0733. The largest absolute Gasteiger partial charge is 0.480 e. The highest BCUT2D eigenvalue weighted by Gasteiger charge is 2.57. The first kappa shape index (κ1) is 35.8. The van der Waals surface area contributed by atoms with E-state index >= 15 is 8.78 Å². The highest BCUT2D eigenvalue weighted by Crippen LogP contribution is 2.37. The lowest BCUT2D eigenvalue weighted by atomic mass is 9.89. The van der Waals surface area contributed by atoms with Gasteiger partial charge in [0.15, 0.2) is 0 Å². The van der Waals surface area contributed by atoms with Crippen LogP contribution in [0.1, 0.15) is 71.3 Å². The van der Waals surface area contributed by atoms with Crippen LogP contribution < -0.4 is 5.32 Å². The fourth-order valence-corrected chi connectivity index (χ4v) is 4.47. The predicted molar refractivity (Wildman–Crippen MR) is 150 cm³/mol. The summed E-state index contributed by atoms with van der Waals surface area (Å²) in [6, 6.07) is 6.60. The summed E-state index contributed by atoms with van der Waals surface area (Å²) in [6.07, 6.45) is -4.92. The number of rotatable bonds is 20. The van der Waals surface area contributed by atoms with Crippen LogP contribution in [0.5, 0.6) is 0 Å². The zero-order valence-corrected chi connectivity index (χ0v) is 24.8. The number of amides is 1. The van der Waals surface area contributed by atoms with Gasteiger partial charge in [0.1, 0.15) is 43.2 Å². The highest BCUT2D eigenvalue weighted by atomic mass is 19.3. The molecule has 2 rings (SSSR count). The lowest BCUT2D eigenvalue weighted by molar-refractivity contribution is -0.298. The van der Waals surface area contributed by atoms with Crippen LogP contribution in [-0.2, 0) is 35.1 Å². The second kappa shape index (κ2) is 19.0. The Bertz CT molecular complexity index is 908. The maximum atomic E-state index is 15.8. The molecule has 1 fully saturated rings. The fourth-order valence-electron chi connectivity index (χ4n) is 4.47. The van der Waals surface area contributed by atoms with Crippen molar-refractivity contribution in [3.63, 3.8) is 0 Å². The standard InChI is InChI=1S/C30H47F2NO9/c1-4-7-15-38-20-23-25(39-16-8-5-2)26(40-17-9-6-3)24(34)27(42-23)30(31,32)18-22(28(35)36)33-29(37)41-19-21-13-11-10-12-14-21/h10-14,22-27,34H,4-9,15-20H2,1-3H3,(H,33,37)(H,35,36)/t22?,23-,24-,25+,26-,27+/m1/s1. The van der Waals surface area contributed by atoms with Crippen molar-refractivity contribution in [3.05, 3.63) is 35.9 Å². The number of halogens is 2. The van der Waals surface area contributed by atoms with Gasteiger partial charge in [-0.05, 0) is 24.8 Å². The molecule has 0 radical (unpaired) electrons. The smallest absolute Gasteiger partial charge is 0.408 e. The van der Waals surface area contributed by atoms with Crippen LogP contribution in [0, 0.1) is 0 Å². The molecule has 1 amide bonds. The molecule has 0 saturated carbocycles. The Morgan fingerprint density at radius 1 is 0.976 bits per heavy atom. The fraction of sp³-hybridized carbons (Fsp3) is 0.733. The number of hydrogen-bond acceptors (Lipinski definition) is 8. The number of carboxylic acids is 1. The molecule has 1 aromatic rings. The van der Waals surface area contributed by atoms with Crippen molar-refractivity contribution in [2.24, 2.45) is 0 Å². The molecule has 1 aliphatic rings. The van der Waals surface area contributed by atoms with Crippen LogP contribution in [0.25, 0.3) is 0 Å². The maximum absolute atomic E-state index is 15.8. The first-order valence-corrected chi connectivity index (χ1v) is 14.9. The number of aliphatic hydroxyl groups excluding tert-OH is 1. The molecular formula is C30H47F2NO9. The molecule has 0 aromatic heterocycles. The number of hydrogen-bond donors (Lipinski definition) is 3. The summed E-state index contributed by atoms with van der Waals surface area (Å²) < 4.78 is 60.0. The number of carbonyl (C=O) groups excluding carboxylic acids is 1. The molecule has 42 heavy (non-hydrogen) atoms. The molecule has 0 aliphatic carbocycles. The molecule has 3 N–H and O–H groups in total. The third-order valence-corrected chi connectivity index (χ3v) is 6.89. The molecule has 1 aromatic carbocycles. The van der Waals surface area contributed by atoms with E-state index in [0.717, 1.165) is 25.7 Å². The van der Waals surface area contributed by atoms with E-state index in [4.69, 9.17) is 23.7 Å². The third kappa shape index (κ3) is 11.7. The highest BCUT2D eigenvalue weighted by molar-refractivity contribution is 5.80. The Hall–Kier alpha value is -2.38. The van der Waals surface area contributed by atoms with Crippen molar-refractivity contribution >= 4 is 12.1 Å². The number of alkyl carbamates (subject to hydrolysis) is 1. The molecule has 1 heterocycles. The van der Waals surface area contributed by atoms with E-state index < -0.39 is 61.0 Å². The molecule has 10 nitrogen and oxygen atoms in total. The van der Waals surface area contributed by atoms with Gasteiger partial charge < -0.3 is 39.2 Å². The van der Waals surface area contributed by atoms with Crippen LogP contribution in [-0.4, -0.2) is 91.2 Å². The number of nitrogens with one attached hydrogen (secondary N) is 1. The number of aliphatic carboxylic acids is 1. The van der Waals surface area contributed by atoms with Gasteiger partial charge in [0.25, 0.3) is 5.92 Å². The Morgan fingerprint density at radius 3 is 2.17 bits per heavy atom. The molecule has 240 valence electrons. The lowest BCUT2D eigenvalue weighted by Crippen LogP contribution is -2.65. The number of alkyl halides is 2. The molecule has 1 unspecified atom stereocenters. The van der Waals surface area contributed by atoms with Crippen molar-refractivity contribution in [3.8, 4) is 0 Å². The number of carboxylic acid groups (broad SMARTS) is 1. The average Bonchev–Trinajstić information content (AvgIpc) is 2.96. The first-order chi connectivity index (χ1) is 20.1. The minimum Gasteiger partial charge on any atom is -0.480 e. The Labute approximate surface area is 247 Å². The summed E-state index contributed by atoms with van der Waals surface area (Å²) in [5.74, 6) is -5.58. The molecule has 12 heteroatoms. The van der Waals surface area contributed by atoms with Gasteiger partial charge in [0.2, 0.25) is 0 Å². The van der Waals surface area contributed by atoms with Gasteiger partial charge in [-0.15, -0.1) is 0 Å². The SMILES string of the molecule is CCCCOC[C@H]1O[C@H](C(F)(F)CC(NC(=O)OCc2ccccc2)C(=O)O)[C@H](O)[C@@H](OCCCC)[C@H]1OCCCC. The van der Waals surface area contributed by atoms with E-state index in [1.807, 2.05) is 26.1 Å². The number of ether oxygens (including phenoxy) is 5. The second-order valence-electron chi connectivity index (χ2n) is 10.5. The first-order valence-electron chi connectivity index (χ1n) is 14.9. The molecule has 0 bridgehead atoms. The lowest BCUT2D eigenvalue weighted by Gasteiger charge is -2.46. The quantitative estimate of drug-likeness (QED) is 0.181. The van der Waals surface area contributed by atoms with E-state index in [9.17, 15) is 19.8 Å². The van der Waals surface area contributed by atoms with Gasteiger partial charge in [0, 0.05) is 26.2 Å². The van der Waals surface area contributed by atoms with Crippen molar-refractivity contribution in [2.45, 2.75) is 115 Å². The number of unbranched alkanes of at least 4 members (excludes halogenated alkanes) is 3. The van der Waals surface area contributed by atoms with Gasteiger partial charge in [0.05, 0.1) is 6.61 Å². The van der Waals surface area contributed by atoms with Crippen LogP contribution in [0.4, 0.5) is 13.6 Å².